The van der Waals surface area contributed by atoms with Crippen LogP contribution in [-0.2, 0) is 22.7 Å². The van der Waals surface area contributed by atoms with Gasteiger partial charge in [-0.3, -0.25) is 14.3 Å². The first-order chi connectivity index (χ1) is 13.1. The van der Waals surface area contributed by atoms with Crippen LogP contribution >= 0.6 is 0 Å². The Hall–Kier alpha value is -3.15. The molecule has 0 aliphatic carbocycles. The fourth-order valence-corrected chi connectivity index (χ4v) is 3.12. The summed E-state index contributed by atoms with van der Waals surface area (Å²) in [4.78, 5) is 26.5. The first-order valence-electron chi connectivity index (χ1n) is 9.07. The molecule has 0 spiro atoms. The van der Waals surface area contributed by atoms with E-state index in [2.05, 4.69) is 23.8 Å². The van der Waals surface area contributed by atoms with Crippen molar-refractivity contribution in [2.75, 3.05) is 18.0 Å². The number of ether oxygens (including phenoxy) is 1. The Bertz CT molecular complexity index is 993. The van der Waals surface area contributed by atoms with Crippen LogP contribution in [0.15, 0.2) is 59.5 Å². The first-order valence-corrected chi connectivity index (χ1v) is 9.07. The quantitative estimate of drug-likeness (QED) is 0.602. The predicted molar refractivity (Wildman–Crippen MR) is 106 cm³/mol. The molecule has 0 aliphatic rings. The molecule has 0 saturated carbocycles. The summed E-state index contributed by atoms with van der Waals surface area (Å²) in [6.45, 7) is 6.11. The number of benzene rings is 2. The van der Waals surface area contributed by atoms with E-state index >= 15 is 0 Å². The number of anilines is 1. The van der Waals surface area contributed by atoms with Crippen LogP contribution in [0.2, 0.25) is 0 Å². The molecule has 0 amide bonds. The monoisotopic (exact) mass is 365 g/mol. The van der Waals surface area contributed by atoms with Gasteiger partial charge >= 0.3 is 5.97 Å². The van der Waals surface area contributed by atoms with Gasteiger partial charge in [-0.25, -0.2) is 0 Å². The molecule has 0 N–H and O–H groups in total. The summed E-state index contributed by atoms with van der Waals surface area (Å²) in [5.74, 6) is -0.398. The van der Waals surface area contributed by atoms with Crippen molar-refractivity contribution >= 4 is 22.6 Å². The molecule has 27 heavy (non-hydrogen) atoms. The maximum atomic E-state index is 12.4. The Labute approximate surface area is 158 Å². The van der Waals surface area contributed by atoms with Gasteiger partial charge in [0.1, 0.15) is 13.2 Å². The molecule has 0 radical (unpaired) electrons. The van der Waals surface area contributed by atoms with Crippen molar-refractivity contribution in [1.29, 1.82) is 0 Å². The molecular formula is C21H23N3O3. The van der Waals surface area contributed by atoms with Crippen LogP contribution in [0, 0.1) is 0 Å². The molecule has 0 unspecified atom stereocenters. The van der Waals surface area contributed by atoms with Crippen molar-refractivity contribution in [1.82, 2.24) is 9.78 Å². The normalized spacial score (nSPS) is 10.7. The largest absolute Gasteiger partial charge is 0.459 e. The summed E-state index contributed by atoms with van der Waals surface area (Å²) in [5, 5.41) is 4.60. The molecule has 0 aliphatic heterocycles. The smallest absolute Gasteiger partial charge is 0.328 e. The fraction of sp³-hybridized carbons (Fsp3) is 0.286. The third kappa shape index (κ3) is 4.16. The summed E-state index contributed by atoms with van der Waals surface area (Å²) < 4.78 is 6.98. The van der Waals surface area contributed by atoms with Gasteiger partial charge in [0.15, 0.2) is 0 Å². The summed E-state index contributed by atoms with van der Waals surface area (Å²) in [6, 6.07) is 15.0. The number of aromatic nitrogens is 2. The second-order valence-electron chi connectivity index (χ2n) is 6.15. The number of para-hydroxylation sites is 2. The number of hydrogen-bond acceptors (Lipinski definition) is 5. The number of carbonyl (C=O) groups excluding carboxylic acids is 1. The molecular weight excluding hydrogens is 342 g/mol. The van der Waals surface area contributed by atoms with Crippen LogP contribution in [0.5, 0.6) is 0 Å². The summed E-state index contributed by atoms with van der Waals surface area (Å²) in [6.07, 6.45) is 1.23. The van der Waals surface area contributed by atoms with E-state index in [0.717, 1.165) is 24.3 Å². The van der Waals surface area contributed by atoms with Gasteiger partial charge in [0.25, 0.3) is 0 Å². The maximum absolute atomic E-state index is 12.4. The lowest BCUT2D eigenvalue weighted by molar-refractivity contribution is -0.145. The van der Waals surface area contributed by atoms with Crippen LogP contribution in [-0.4, -0.2) is 28.8 Å². The molecule has 6 nitrogen and oxygen atoms in total. The van der Waals surface area contributed by atoms with Gasteiger partial charge in [0, 0.05) is 29.7 Å². The Morgan fingerprint density at radius 1 is 1.07 bits per heavy atom. The zero-order chi connectivity index (χ0) is 19.2. The van der Waals surface area contributed by atoms with Gasteiger partial charge in [-0.2, -0.15) is 5.10 Å². The highest BCUT2D eigenvalue weighted by Crippen LogP contribution is 2.21. The van der Waals surface area contributed by atoms with Crippen LogP contribution in [0.4, 0.5) is 5.69 Å². The average Bonchev–Trinajstić information content (AvgIpc) is 2.70. The molecule has 0 saturated heterocycles. The molecule has 1 aromatic heterocycles. The van der Waals surface area contributed by atoms with Crippen LogP contribution in [0.25, 0.3) is 10.9 Å². The number of esters is 1. The predicted octanol–water partition coefficient (Wildman–Crippen LogP) is 2.99. The first kappa shape index (κ1) is 18.6. The standard InChI is InChI=1S/C21H23N3O3/c1-3-23(4-2)18-11-7-5-9-16(18)15-27-21(26)14-24-19-12-8-6-10-17(19)20(25)13-22-24/h5-13H,3-4,14-15H2,1-2H3. The highest BCUT2D eigenvalue weighted by Gasteiger charge is 2.12. The van der Waals surface area contributed by atoms with E-state index in [4.69, 9.17) is 4.74 Å². The van der Waals surface area contributed by atoms with E-state index in [0.29, 0.717) is 10.9 Å². The number of hydrogen-bond donors (Lipinski definition) is 0. The van der Waals surface area contributed by atoms with Crippen molar-refractivity contribution in [3.63, 3.8) is 0 Å². The Morgan fingerprint density at radius 3 is 2.56 bits per heavy atom. The summed E-state index contributed by atoms with van der Waals surface area (Å²) in [5.41, 5.74) is 2.49. The topological polar surface area (TPSA) is 64.4 Å². The number of carbonyl (C=O) groups is 1. The minimum Gasteiger partial charge on any atom is -0.459 e. The number of nitrogens with zero attached hydrogens (tertiary/aromatic N) is 3. The van der Waals surface area contributed by atoms with Crippen LogP contribution in [0.3, 0.4) is 0 Å². The second-order valence-corrected chi connectivity index (χ2v) is 6.15. The summed E-state index contributed by atoms with van der Waals surface area (Å²) in [7, 11) is 0. The molecule has 3 rings (SSSR count). The van der Waals surface area contributed by atoms with Gasteiger partial charge in [-0.15, -0.1) is 0 Å². The Kier molecular flexibility index (Phi) is 5.86. The third-order valence-corrected chi connectivity index (χ3v) is 4.53. The highest BCUT2D eigenvalue weighted by molar-refractivity contribution is 5.79. The molecule has 3 aromatic rings. The van der Waals surface area contributed by atoms with Gasteiger partial charge in [0.2, 0.25) is 5.43 Å². The average molecular weight is 365 g/mol. The van der Waals surface area contributed by atoms with E-state index in [1.165, 1.54) is 10.9 Å². The van der Waals surface area contributed by atoms with Gasteiger partial charge < -0.3 is 9.64 Å². The molecule has 1 heterocycles. The van der Waals surface area contributed by atoms with E-state index < -0.39 is 5.97 Å². The van der Waals surface area contributed by atoms with E-state index in [9.17, 15) is 9.59 Å². The van der Waals surface area contributed by atoms with Crippen LogP contribution in [0.1, 0.15) is 19.4 Å². The molecule has 2 aromatic carbocycles. The zero-order valence-corrected chi connectivity index (χ0v) is 15.6. The van der Waals surface area contributed by atoms with E-state index in [1.54, 1.807) is 18.2 Å². The van der Waals surface area contributed by atoms with Crippen LogP contribution < -0.4 is 10.3 Å². The molecule has 0 atom stereocenters. The van der Waals surface area contributed by atoms with Crippen molar-refractivity contribution in [2.45, 2.75) is 27.0 Å². The van der Waals surface area contributed by atoms with E-state index in [-0.39, 0.29) is 18.6 Å². The zero-order valence-electron chi connectivity index (χ0n) is 15.6. The van der Waals surface area contributed by atoms with Crippen molar-refractivity contribution in [3.05, 3.63) is 70.5 Å². The maximum Gasteiger partial charge on any atom is 0.328 e. The lowest BCUT2D eigenvalue weighted by Gasteiger charge is -2.24. The second kappa shape index (κ2) is 8.49. The summed E-state index contributed by atoms with van der Waals surface area (Å²) >= 11 is 0. The minimum atomic E-state index is -0.398. The minimum absolute atomic E-state index is 0.0474. The third-order valence-electron chi connectivity index (χ3n) is 4.53. The van der Waals surface area contributed by atoms with Crippen molar-refractivity contribution < 1.29 is 9.53 Å². The molecule has 0 fully saturated rings. The number of rotatable bonds is 7. The highest BCUT2D eigenvalue weighted by atomic mass is 16.5. The van der Waals surface area contributed by atoms with Gasteiger partial charge in [-0.1, -0.05) is 30.3 Å². The SMILES string of the molecule is CCN(CC)c1ccccc1COC(=O)Cn1ncc(=O)c2ccccc21. The number of fused-ring (bicyclic) bond motifs is 1. The lowest BCUT2D eigenvalue weighted by Crippen LogP contribution is -2.24. The van der Waals surface area contributed by atoms with Gasteiger partial charge in [-0.05, 0) is 32.0 Å². The molecule has 140 valence electrons. The van der Waals surface area contributed by atoms with Crippen molar-refractivity contribution in [3.8, 4) is 0 Å². The van der Waals surface area contributed by atoms with Crippen molar-refractivity contribution in [2.24, 2.45) is 0 Å². The molecule has 0 bridgehead atoms. The fourth-order valence-electron chi connectivity index (χ4n) is 3.12. The Balaban J connectivity index is 1.73. The van der Waals surface area contributed by atoms with Gasteiger partial charge in [0.05, 0.1) is 11.7 Å². The molecule has 6 heteroatoms. The van der Waals surface area contributed by atoms with E-state index in [1.807, 2.05) is 30.3 Å². The lowest BCUT2D eigenvalue weighted by atomic mass is 10.1. The Morgan fingerprint density at radius 2 is 1.78 bits per heavy atom.